The first kappa shape index (κ1) is 13.2. The number of hydrogen-bond acceptors (Lipinski definition) is 4. The quantitative estimate of drug-likeness (QED) is 0.591. The zero-order valence-corrected chi connectivity index (χ0v) is 9.97. The third-order valence-electron chi connectivity index (χ3n) is 2.44. The normalized spacial score (nSPS) is 10.4. The number of hydrazine groups is 1. The molecule has 2 aromatic rings. The van der Waals surface area contributed by atoms with Crippen LogP contribution in [-0.2, 0) is 0 Å². The van der Waals surface area contributed by atoms with Gasteiger partial charge in [0, 0.05) is 6.07 Å². The molecular formula is C12H11F3N4. The van der Waals surface area contributed by atoms with Crippen LogP contribution < -0.4 is 16.6 Å². The summed E-state index contributed by atoms with van der Waals surface area (Å²) in [5.41, 5.74) is 2.74. The maximum absolute atomic E-state index is 13.6. The second-order valence-corrected chi connectivity index (χ2v) is 3.90. The standard InChI is InChI=1S/C12H11F3N4/c1-6-2-3-10(7(13)4-6)17-11-8(14)5-9(15)12(18-11)19-16/h2-5H,16H2,1H3,(H2,17,18,19). The number of rotatable bonds is 3. The van der Waals surface area contributed by atoms with Crippen molar-refractivity contribution in [1.29, 1.82) is 0 Å². The molecule has 1 aromatic carbocycles. The number of nitrogens with zero attached hydrogens (tertiary/aromatic N) is 1. The van der Waals surface area contributed by atoms with Gasteiger partial charge in [0.15, 0.2) is 23.3 Å². The highest BCUT2D eigenvalue weighted by Gasteiger charge is 2.12. The van der Waals surface area contributed by atoms with Crippen LogP contribution in [0.3, 0.4) is 0 Å². The molecule has 0 spiro atoms. The minimum absolute atomic E-state index is 0.0339. The molecule has 1 aromatic heterocycles. The molecule has 0 fully saturated rings. The van der Waals surface area contributed by atoms with Crippen LogP contribution in [0.4, 0.5) is 30.5 Å². The largest absolute Gasteiger partial charge is 0.335 e. The number of pyridine rings is 1. The predicted molar refractivity (Wildman–Crippen MR) is 66.4 cm³/mol. The van der Waals surface area contributed by atoms with Gasteiger partial charge in [-0.1, -0.05) is 6.07 Å². The van der Waals surface area contributed by atoms with Crippen LogP contribution in [-0.4, -0.2) is 4.98 Å². The first-order chi connectivity index (χ1) is 9.01. The second-order valence-electron chi connectivity index (χ2n) is 3.90. The molecule has 0 aliphatic rings. The number of aryl methyl sites for hydroxylation is 1. The van der Waals surface area contributed by atoms with E-state index in [1.54, 1.807) is 13.0 Å². The minimum atomic E-state index is -0.948. The van der Waals surface area contributed by atoms with Crippen LogP contribution >= 0.6 is 0 Å². The Kier molecular flexibility index (Phi) is 3.57. The second kappa shape index (κ2) is 5.15. The van der Waals surface area contributed by atoms with Crippen molar-refractivity contribution in [2.75, 3.05) is 10.7 Å². The van der Waals surface area contributed by atoms with Crippen LogP contribution in [0.2, 0.25) is 0 Å². The summed E-state index contributed by atoms with van der Waals surface area (Å²) >= 11 is 0. The fourth-order valence-corrected chi connectivity index (χ4v) is 1.50. The lowest BCUT2D eigenvalue weighted by atomic mass is 10.2. The van der Waals surface area contributed by atoms with Crippen molar-refractivity contribution in [3.05, 3.63) is 47.3 Å². The fourth-order valence-electron chi connectivity index (χ4n) is 1.50. The SMILES string of the molecule is Cc1ccc(Nc2nc(NN)c(F)cc2F)c(F)c1. The zero-order valence-electron chi connectivity index (χ0n) is 9.97. The van der Waals surface area contributed by atoms with Crippen molar-refractivity contribution < 1.29 is 13.2 Å². The summed E-state index contributed by atoms with van der Waals surface area (Å²) in [4.78, 5) is 3.59. The predicted octanol–water partition coefficient (Wildman–Crippen LogP) is 2.84. The maximum atomic E-state index is 13.6. The fraction of sp³-hybridized carbons (Fsp3) is 0.0833. The number of nitrogen functional groups attached to an aromatic ring is 1. The summed E-state index contributed by atoms with van der Waals surface area (Å²) in [5.74, 6) is 1.93. The number of aromatic nitrogens is 1. The van der Waals surface area contributed by atoms with Crippen molar-refractivity contribution in [1.82, 2.24) is 4.98 Å². The topological polar surface area (TPSA) is 63.0 Å². The summed E-state index contributed by atoms with van der Waals surface area (Å²) in [7, 11) is 0. The van der Waals surface area contributed by atoms with Gasteiger partial charge in [-0.25, -0.2) is 24.0 Å². The number of hydrogen-bond donors (Lipinski definition) is 3. The highest BCUT2D eigenvalue weighted by Crippen LogP contribution is 2.24. The van der Waals surface area contributed by atoms with Gasteiger partial charge in [0.2, 0.25) is 0 Å². The van der Waals surface area contributed by atoms with E-state index in [0.29, 0.717) is 6.07 Å². The van der Waals surface area contributed by atoms with E-state index in [-0.39, 0.29) is 17.3 Å². The van der Waals surface area contributed by atoms with Crippen molar-refractivity contribution in [3.8, 4) is 0 Å². The Morgan fingerprint density at radius 2 is 1.68 bits per heavy atom. The Hall–Kier alpha value is -2.28. The van der Waals surface area contributed by atoms with E-state index in [1.807, 2.05) is 5.43 Å². The first-order valence-corrected chi connectivity index (χ1v) is 5.37. The number of anilines is 3. The van der Waals surface area contributed by atoms with Gasteiger partial charge in [0.05, 0.1) is 5.69 Å². The van der Waals surface area contributed by atoms with E-state index in [2.05, 4.69) is 10.3 Å². The molecule has 19 heavy (non-hydrogen) atoms. The number of benzene rings is 1. The van der Waals surface area contributed by atoms with Crippen LogP contribution in [0.25, 0.3) is 0 Å². The lowest BCUT2D eigenvalue weighted by Gasteiger charge is -2.10. The van der Waals surface area contributed by atoms with E-state index in [4.69, 9.17) is 5.84 Å². The molecule has 0 saturated heterocycles. The van der Waals surface area contributed by atoms with E-state index in [0.717, 1.165) is 5.56 Å². The van der Waals surface area contributed by atoms with Gasteiger partial charge in [-0.3, -0.25) is 0 Å². The Morgan fingerprint density at radius 3 is 2.32 bits per heavy atom. The molecule has 0 atom stereocenters. The average molecular weight is 268 g/mol. The van der Waals surface area contributed by atoms with Gasteiger partial charge in [0.25, 0.3) is 0 Å². The van der Waals surface area contributed by atoms with Crippen molar-refractivity contribution in [3.63, 3.8) is 0 Å². The Balaban J connectivity index is 2.37. The molecule has 4 nitrogen and oxygen atoms in total. The lowest BCUT2D eigenvalue weighted by Crippen LogP contribution is -2.12. The highest BCUT2D eigenvalue weighted by molar-refractivity contribution is 5.59. The van der Waals surface area contributed by atoms with E-state index in [9.17, 15) is 13.2 Å². The summed E-state index contributed by atoms with van der Waals surface area (Å²) in [6.07, 6.45) is 0. The summed E-state index contributed by atoms with van der Waals surface area (Å²) < 4.78 is 40.3. The molecule has 0 radical (unpaired) electrons. The summed E-state index contributed by atoms with van der Waals surface area (Å²) in [6.45, 7) is 1.72. The number of nitrogens with one attached hydrogen (secondary N) is 2. The zero-order chi connectivity index (χ0) is 14.0. The van der Waals surface area contributed by atoms with Crippen molar-refractivity contribution in [2.45, 2.75) is 6.92 Å². The monoisotopic (exact) mass is 268 g/mol. The molecule has 0 aliphatic heterocycles. The van der Waals surface area contributed by atoms with E-state index >= 15 is 0 Å². The van der Waals surface area contributed by atoms with Crippen molar-refractivity contribution >= 4 is 17.3 Å². The Morgan fingerprint density at radius 1 is 1.00 bits per heavy atom. The van der Waals surface area contributed by atoms with Gasteiger partial charge < -0.3 is 10.7 Å². The molecule has 1 heterocycles. The molecule has 0 unspecified atom stereocenters. The molecule has 100 valence electrons. The van der Waals surface area contributed by atoms with Crippen LogP contribution in [0, 0.1) is 24.4 Å². The van der Waals surface area contributed by atoms with Crippen LogP contribution in [0.5, 0.6) is 0 Å². The highest BCUT2D eigenvalue weighted by atomic mass is 19.1. The van der Waals surface area contributed by atoms with E-state index < -0.39 is 17.5 Å². The number of halogens is 3. The summed E-state index contributed by atoms with van der Waals surface area (Å²) in [5, 5.41) is 2.45. The van der Waals surface area contributed by atoms with Crippen LogP contribution in [0.15, 0.2) is 24.3 Å². The van der Waals surface area contributed by atoms with Gasteiger partial charge in [-0.2, -0.15) is 0 Å². The molecule has 2 rings (SSSR count). The smallest absolute Gasteiger partial charge is 0.178 e. The molecule has 0 bridgehead atoms. The van der Waals surface area contributed by atoms with Crippen LogP contribution in [0.1, 0.15) is 5.56 Å². The van der Waals surface area contributed by atoms with Gasteiger partial charge in [-0.15, -0.1) is 0 Å². The number of nitrogens with two attached hydrogens (primary N) is 1. The Labute approximate surface area is 107 Å². The van der Waals surface area contributed by atoms with Gasteiger partial charge in [0.1, 0.15) is 5.82 Å². The van der Waals surface area contributed by atoms with Crippen molar-refractivity contribution in [2.24, 2.45) is 5.84 Å². The third-order valence-corrected chi connectivity index (χ3v) is 2.44. The first-order valence-electron chi connectivity index (χ1n) is 5.37. The summed E-state index contributed by atoms with van der Waals surface area (Å²) in [6, 6.07) is 4.97. The van der Waals surface area contributed by atoms with E-state index in [1.165, 1.54) is 12.1 Å². The Bertz CT molecular complexity index is 616. The molecular weight excluding hydrogens is 257 g/mol. The third kappa shape index (κ3) is 2.76. The molecule has 0 aliphatic carbocycles. The van der Waals surface area contributed by atoms with Gasteiger partial charge >= 0.3 is 0 Å². The molecule has 0 saturated carbocycles. The average Bonchev–Trinajstić information content (AvgIpc) is 2.35. The molecule has 0 amide bonds. The molecule has 7 heteroatoms. The molecule has 4 N–H and O–H groups in total. The lowest BCUT2D eigenvalue weighted by molar-refractivity contribution is 0.579. The minimum Gasteiger partial charge on any atom is -0.335 e. The van der Waals surface area contributed by atoms with Gasteiger partial charge in [-0.05, 0) is 24.6 Å². The maximum Gasteiger partial charge on any atom is 0.178 e.